The fourth-order valence-electron chi connectivity index (χ4n) is 2.71. The third kappa shape index (κ3) is 4.07. The molecule has 0 spiro atoms. The number of aryl methyl sites for hydroxylation is 2. The Morgan fingerprint density at radius 1 is 1.19 bits per heavy atom. The highest BCUT2D eigenvalue weighted by molar-refractivity contribution is 5.79. The van der Waals surface area contributed by atoms with Crippen LogP contribution < -0.4 is 5.32 Å². The summed E-state index contributed by atoms with van der Waals surface area (Å²) >= 11 is 0. The van der Waals surface area contributed by atoms with Gasteiger partial charge in [-0.25, -0.2) is 0 Å². The first-order valence-corrected chi connectivity index (χ1v) is 8.20. The zero-order chi connectivity index (χ0) is 14.8. The summed E-state index contributed by atoms with van der Waals surface area (Å²) in [5.41, 5.74) is 3.87. The zero-order valence-electron chi connectivity index (χ0n) is 13.2. The molecule has 0 aliphatic heterocycles. The highest BCUT2D eigenvalue weighted by atomic mass is 16.2. The van der Waals surface area contributed by atoms with E-state index in [1.165, 1.54) is 42.4 Å². The van der Waals surface area contributed by atoms with Gasteiger partial charge in [0.1, 0.15) is 0 Å². The van der Waals surface area contributed by atoms with Gasteiger partial charge in [-0.15, -0.1) is 0 Å². The van der Waals surface area contributed by atoms with E-state index < -0.39 is 0 Å². The number of nitrogens with one attached hydrogen (secondary N) is 1. The van der Waals surface area contributed by atoms with E-state index >= 15 is 0 Å². The summed E-state index contributed by atoms with van der Waals surface area (Å²) in [5, 5.41) is 3.33. The molecule has 2 aliphatic rings. The summed E-state index contributed by atoms with van der Waals surface area (Å²) in [4.78, 5) is 14.5. The van der Waals surface area contributed by atoms with Crippen molar-refractivity contribution >= 4 is 5.91 Å². The molecule has 0 saturated heterocycles. The molecule has 2 aliphatic carbocycles. The van der Waals surface area contributed by atoms with Crippen molar-refractivity contribution in [1.82, 2.24) is 10.2 Å². The molecule has 3 nitrogen and oxygen atoms in total. The lowest BCUT2D eigenvalue weighted by Gasteiger charge is -2.23. The number of rotatable bonds is 7. The Kier molecular flexibility index (Phi) is 4.29. The van der Waals surface area contributed by atoms with E-state index in [0.717, 1.165) is 19.0 Å². The highest BCUT2D eigenvalue weighted by Gasteiger charge is 2.32. The van der Waals surface area contributed by atoms with Gasteiger partial charge in [0, 0.05) is 12.6 Å². The molecule has 0 radical (unpaired) electrons. The molecule has 1 N–H and O–H groups in total. The van der Waals surface area contributed by atoms with Crippen molar-refractivity contribution < 1.29 is 4.79 Å². The van der Waals surface area contributed by atoms with Crippen LogP contribution in [0, 0.1) is 19.8 Å². The van der Waals surface area contributed by atoms with Gasteiger partial charge < -0.3 is 10.2 Å². The maximum absolute atomic E-state index is 12.4. The highest BCUT2D eigenvalue weighted by Crippen LogP contribution is 2.29. The third-order valence-corrected chi connectivity index (χ3v) is 4.64. The van der Waals surface area contributed by atoms with Gasteiger partial charge in [-0.05, 0) is 68.7 Å². The quantitative estimate of drug-likeness (QED) is 0.836. The summed E-state index contributed by atoms with van der Waals surface area (Å²) in [6.07, 6.45) is 4.99. The summed E-state index contributed by atoms with van der Waals surface area (Å²) in [6, 6.07) is 7.01. The Labute approximate surface area is 127 Å². The second-order valence-corrected chi connectivity index (χ2v) is 6.75. The Balaban J connectivity index is 1.57. The summed E-state index contributed by atoms with van der Waals surface area (Å²) in [6.45, 7) is 6.53. The van der Waals surface area contributed by atoms with E-state index in [4.69, 9.17) is 0 Å². The molecule has 21 heavy (non-hydrogen) atoms. The second-order valence-electron chi connectivity index (χ2n) is 6.75. The number of hydrogen-bond donors (Lipinski definition) is 1. The molecule has 0 unspecified atom stereocenters. The molecule has 0 bridgehead atoms. The van der Waals surface area contributed by atoms with E-state index in [9.17, 15) is 4.79 Å². The summed E-state index contributed by atoms with van der Waals surface area (Å²) in [7, 11) is 0. The van der Waals surface area contributed by atoms with Crippen LogP contribution in [-0.4, -0.2) is 29.9 Å². The third-order valence-electron chi connectivity index (χ3n) is 4.64. The van der Waals surface area contributed by atoms with Crippen molar-refractivity contribution in [2.75, 3.05) is 13.1 Å². The lowest BCUT2D eigenvalue weighted by atomic mass is 10.1. The number of carbonyl (C=O) groups is 1. The predicted octanol–water partition coefficient (Wildman–Crippen LogP) is 2.79. The second kappa shape index (κ2) is 6.18. The predicted molar refractivity (Wildman–Crippen MR) is 85.1 cm³/mol. The van der Waals surface area contributed by atoms with E-state index in [1.807, 2.05) is 0 Å². The average Bonchev–Trinajstić information content (AvgIpc) is 3.33. The van der Waals surface area contributed by atoms with Crippen LogP contribution in [0.4, 0.5) is 0 Å². The molecule has 0 atom stereocenters. The molecular weight excluding hydrogens is 260 g/mol. The minimum atomic E-state index is 0.261. The smallest absolute Gasteiger partial charge is 0.237 e. The molecule has 0 heterocycles. The van der Waals surface area contributed by atoms with Crippen molar-refractivity contribution in [3.05, 3.63) is 34.9 Å². The lowest BCUT2D eigenvalue weighted by molar-refractivity contribution is -0.131. The minimum absolute atomic E-state index is 0.261. The van der Waals surface area contributed by atoms with Crippen LogP contribution in [0.3, 0.4) is 0 Å². The van der Waals surface area contributed by atoms with Crippen molar-refractivity contribution in [3.8, 4) is 0 Å². The van der Waals surface area contributed by atoms with Gasteiger partial charge in [0.2, 0.25) is 5.91 Å². The van der Waals surface area contributed by atoms with Gasteiger partial charge in [0.25, 0.3) is 0 Å². The van der Waals surface area contributed by atoms with Crippen molar-refractivity contribution in [1.29, 1.82) is 0 Å². The molecule has 3 rings (SSSR count). The molecule has 1 amide bonds. The molecule has 1 aromatic rings. The minimum Gasteiger partial charge on any atom is -0.334 e. The van der Waals surface area contributed by atoms with Gasteiger partial charge in [-0.1, -0.05) is 18.2 Å². The van der Waals surface area contributed by atoms with Crippen molar-refractivity contribution in [3.63, 3.8) is 0 Å². The number of hydrogen-bond acceptors (Lipinski definition) is 2. The van der Waals surface area contributed by atoms with Gasteiger partial charge in [0.15, 0.2) is 0 Å². The SMILES string of the molecule is Cc1ccc(CN(C(=O)CNCC2CC2)C2CC2)cc1C. The molecule has 1 aromatic carbocycles. The molecule has 2 saturated carbocycles. The first kappa shape index (κ1) is 14.6. The largest absolute Gasteiger partial charge is 0.334 e. The normalized spacial score (nSPS) is 17.8. The number of nitrogens with zero attached hydrogens (tertiary/aromatic N) is 1. The summed E-state index contributed by atoms with van der Waals surface area (Å²) in [5.74, 6) is 1.09. The zero-order valence-corrected chi connectivity index (χ0v) is 13.2. The monoisotopic (exact) mass is 286 g/mol. The maximum atomic E-state index is 12.4. The number of amides is 1. The molecule has 2 fully saturated rings. The van der Waals surface area contributed by atoms with E-state index in [2.05, 4.69) is 42.3 Å². The number of benzene rings is 1. The Morgan fingerprint density at radius 2 is 1.95 bits per heavy atom. The maximum Gasteiger partial charge on any atom is 0.237 e. The van der Waals surface area contributed by atoms with E-state index in [1.54, 1.807) is 0 Å². The first-order valence-electron chi connectivity index (χ1n) is 8.20. The fraction of sp³-hybridized carbons (Fsp3) is 0.611. The Morgan fingerprint density at radius 3 is 2.57 bits per heavy atom. The van der Waals surface area contributed by atoms with Crippen LogP contribution >= 0.6 is 0 Å². The van der Waals surface area contributed by atoms with Crippen LogP contribution in [-0.2, 0) is 11.3 Å². The van der Waals surface area contributed by atoms with Gasteiger partial charge in [-0.3, -0.25) is 4.79 Å². The Bertz CT molecular complexity index is 518. The van der Waals surface area contributed by atoms with Gasteiger partial charge in [-0.2, -0.15) is 0 Å². The molecule has 114 valence electrons. The average molecular weight is 286 g/mol. The summed E-state index contributed by atoms with van der Waals surface area (Å²) < 4.78 is 0. The van der Waals surface area contributed by atoms with Crippen LogP contribution in [0.2, 0.25) is 0 Å². The first-order chi connectivity index (χ1) is 10.1. The van der Waals surface area contributed by atoms with E-state index in [0.29, 0.717) is 12.6 Å². The lowest BCUT2D eigenvalue weighted by Crippen LogP contribution is -2.39. The molecule has 3 heteroatoms. The molecular formula is C18H26N2O. The van der Waals surface area contributed by atoms with Crippen LogP contribution in [0.1, 0.15) is 42.4 Å². The van der Waals surface area contributed by atoms with Crippen molar-refractivity contribution in [2.24, 2.45) is 5.92 Å². The molecule has 0 aromatic heterocycles. The van der Waals surface area contributed by atoms with E-state index in [-0.39, 0.29) is 5.91 Å². The number of carbonyl (C=O) groups excluding carboxylic acids is 1. The van der Waals surface area contributed by atoms with Crippen LogP contribution in [0.25, 0.3) is 0 Å². The van der Waals surface area contributed by atoms with Crippen LogP contribution in [0.5, 0.6) is 0 Å². The fourth-order valence-corrected chi connectivity index (χ4v) is 2.71. The van der Waals surface area contributed by atoms with Gasteiger partial charge in [0.05, 0.1) is 6.54 Å². The standard InChI is InChI=1S/C18H26N2O/c1-13-3-4-16(9-14(13)2)12-20(17-7-8-17)18(21)11-19-10-15-5-6-15/h3-4,9,15,17,19H,5-8,10-12H2,1-2H3. The van der Waals surface area contributed by atoms with Crippen LogP contribution in [0.15, 0.2) is 18.2 Å². The van der Waals surface area contributed by atoms with Gasteiger partial charge >= 0.3 is 0 Å². The Hall–Kier alpha value is -1.35. The van der Waals surface area contributed by atoms with Crippen molar-refractivity contribution in [2.45, 2.75) is 52.1 Å². The topological polar surface area (TPSA) is 32.3 Å².